The molecule has 1 saturated heterocycles. The van der Waals surface area contributed by atoms with E-state index in [4.69, 9.17) is 0 Å². The number of anilines is 1. The van der Waals surface area contributed by atoms with Gasteiger partial charge in [0.2, 0.25) is 0 Å². The van der Waals surface area contributed by atoms with Crippen LogP contribution in [0, 0.1) is 6.92 Å². The van der Waals surface area contributed by atoms with E-state index in [-0.39, 0.29) is 11.9 Å². The van der Waals surface area contributed by atoms with E-state index in [1.807, 2.05) is 36.1 Å². The van der Waals surface area contributed by atoms with Crippen molar-refractivity contribution in [3.8, 4) is 0 Å². The number of amides is 1. The van der Waals surface area contributed by atoms with E-state index in [1.54, 1.807) is 24.8 Å². The monoisotopic (exact) mass is 347 g/mol. The number of piperazine rings is 1. The molecule has 0 N–H and O–H groups in total. The summed E-state index contributed by atoms with van der Waals surface area (Å²) in [5.74, 6) is 0.905. The molecule has 1 aliphatic rings. The molecule has 0 saturated carbocycles. The highest BCUT2D eigenvalue weighted by atomic mass is 16.2. The van der Waals surface area contributed by atoms with E-state index in [0.717, 1.165) is 28.8 Å². The topological polar surface area (TPSA) is 62.2 Å². The molecular weight excluding hydrogens is 326 g/mol. The summed E-state index contributed by atoms with van der Waals surface area (Å²) in [5, 5.41) is 1.03. The van der Waals surface area contributed by atoms with E-state index < -0.39 is 0 Å². The molecule has 1 aromatic carbocycles. The first kappa shape index (κ1) is 16.4. The van der Waals surface area contributed by atoms with Crippen molar-refractivity contribution in [3.63, 3.8) is 0 Å². The van der Waals surface area contributed by atoms with Gasteiger partial charge in [-0.15, -0.1) is 0 Å². The zero-order chi connectivity index (χ0) is 18.1. The molecule has 3 heterocycles. The molecule has 1 amide bonds. The summed E-state index contributed by atoms with van der Waals surface area (Å²) in [6, 6.07) is 8.11. The molecule has 4 rings (SSSR count). The summed E-state index contributed by atoms with van der Waals surface area (Å²) in [6.45, 7) is 6.16. The highest BCUT2D eigenvalue weighted by molar-refractivity contribution is 6.00. The lowest BCUT2D eigenvalue weighted by Gasteiger charge is -2.40. The van der Waals surface area contributed by atoms with Crippen LogP contribution in [0.5, 0.6) is 0 Å². The fraction of sp³-hybridized carbons (Fsp3) is 0.300. The molecular formula is C20H21N5O. The number of carbonyl (C=O) groups is 1. The van der Waals surface area contributed by atoms with Crippen LogP contribution >= 0.6 is 0 Å². The smallest absolute Gasteiger partial charge is 0.255 e. The minimum atomic E-state index is 0.0476. The third kappa shape index (κ3) is 2.87. The van der Waals surface area contributed by atoms with Gasteiger partial charge >= 0.3 is 0 Å². The quantitative estimate of drug-likeness (QED) is 0.713. The van der Waals surface area contributed by atoms with Gasteiger partial charge in [0.05, 0.1) is 17.3 Å². The number of hydrogen-bond donors (Lipinski definition) is 0. The van der Waals surface area contributed by atoms with Crippen LogP contribution in [-0.2, 0) is 0 Å². The van der Waals surface area contributed by atoms with Crippen molar-refractivity contribution >= 4 is 22.6 Å². The minimum absolute atomic E-state index is 0.0476. The molecule has 6 nitrogen and oxygen atoms in total. The molecule has 1 atom stereocenters. The number of benzene rings is 1. The lowest BCUT2D eigenvalue weighted by atomic mass is 10.0. The van der Waals surface area contributed by atoms with E-state index in [1.165, 1.54) is 0 Å². The fourth-order valence-electron chi connectivity index (χ4n) is 3.59. The van der Waals surface area contributed by atoms with Gasteiger partial charge < -0.3 is 9.80 Å². The number of fused-ring (bicyclic) bond motifs is 1. The molecule has 132 valence electrons. The maximum atomic E-state index is 13.1. The van der Waals surface area contributed by atoms with Crippen LogP contribution in [0.4, 0.5) is 5.82 Å². The van der Waals surface area contributed by atoms with Crippen LogP contribution in [0.3, 0.4) is 0 Å². The molecule has 1 unspecified atom stereocenters. The molecule has 2 aromatic heterocycles. The second kappa shape index (κ2) is 6.71. The van der Waals surface area contributed by atoms with Gasteiger partial charge in [-0.1, -0.05) is 18.2 Å². The van der Waals surface area contributed by atoms with Crippen molar-refractivity contribution in [3.05, 3.63) is 60.2 Å². The summed E-state index contributed by atoms with van der Waals surface area (Å²) in [4.78, 5) is 30.2. The summed E-state index contributed by atoms with van der Waals surface area (Å²) in [6.07, 6.45) is 6.85. The van der Waals surface area contributed by atoms with Crippen molar-refractivity contribution in [2.45, 2.75) is 19.9 Å². The second-order valence-electron chi connectivity index (χ2n) is 6.67. The summed E-state index contributed by atoms with van der Waals surface area (Å²) in [7, 11) is 0. The summed E-state index contributed by atoms with van der Waals surface area (Å²) < 4.78 is 0. The number of rotatable bonds is 2. The van der Waals surface area contributed by atoms with E-state index in [0.29, 0.717) is 18.7 Å². The Labute approximate surface area is 152 Å². The maximum absolute atomic E-state index is 13.1. The highest BCUT2D eigenvalue weighted by Gasteiger charge is 2.29. The Balaban J connectivity index is 1.56. The Hall–Kier alpha value is -3.02. The predicted molar refractivity (Wildman–Crippen MR) is 101 cm³/mol. The minimum Gasteiger partial charge on any atom is -0.349 e. The Kier molecular flexibility index (Phi) is 4.24. The van der Waals surface area contributed by atoms with Gasteiger partial charge in [-0.2, -0.15) is 0 Å². The number of pyridine rings is 1. The van der Waals surface area contributed by atoms with Crippen molar-refractivity contribution in [1.29, 1.82) is 0 Å². The summed E-state index contributed by atoms with van der Waals surface area (Å²) >= 11 is 0. The number of aryl methyl sites for hydroxylation is 1. The van der Waals surface area contributed by atoms with Gasteiger partial charge in [-0.25, -0.2) is 4.98 Å². The second-order valence-corrected chi connectivity index (χ2v) is 6.67. The van der Waals surface area contributed by atoms with Crippen molar-refractivity contribution < 1.29 is 4.79 Å². The zero-order valence-corrected chi connectivity index (χ0v) is 15.0. The number of nitrogens with zero attached hydrogens (tertiary/aromatic N) is 5. The highest BCUT2D eigenvalue weighted by Crippen LogP contribution is 2.23. The van der Waals surface area contributed by atoms with Crippen molar-refractivity contribution in [1.82, 2.24) is 19.9 Å². The van der Waals surface area contributed by atoms with Gasteiger partial charge in [-0.3, -0.25) is 14.8 Å². The number of carbonyl (C=O) groups excluding carboxylic acids is 1. The largest absolute Gasteiger partial charge is 0.349 e. The lowest BCUT2D eigenvalue weighted by molar-refractivity contribution is 0.0725. The summed E-state index contributed by atoms with van der Waals surface area (Å²) in [5.41, 5.74) is 2.59. The van der Waals surface area contributed by atoms with Crippen LogP contribution in [0.1, 0.15) is 22.8 Å². The lowest BCUT2D eigenvalue weighted by Crippen LogP contribution is -2.54. The van der Waals surface area contributed by atoms with Crippen LogP contribution in [-0.4, -0.2) is 51.4 Å². The van der Waals surface area contributed by atoms with E-state index >= 15 is 0 Å². The molecule has 0 spiro atoms. The SMILES string of the molecule is Cc1c(C(=O)N2CCN(c3cnccn3)C(C)C2)cnc2ccccc12. The van der Waals surface area contributed by atoms with Crippen LogP contribution in [0.2, 0.25) is 0 Å². The predicted octanol–water partition coefficient (Wildman–Crippen LogP) is 2.68. The molecule has 3 aromatic rings. The molecule has 0 radical (unpaired) electrons. The first-order valence-electron chi connectivity index (χ1n) is 8.81. The third-order valence-electron chi connectivity index (χ3n) is 5.03. The number of hydrogen-bond acceptors (Lipinski definition) is 5. The molecule has 1 aliphatic heterocycles. The van der Waals surface area contributed by atoms with Crippen molar-refractivity contribution in [2.24, 2.45) is 0 Å². The maximum Gasteiger partial charge on any atom is 0.255 e. The number of aromatic nitrogens is 3. The van der Waals surface area contributed by atoms with Gasteiger partial charge in [0, 0.05) is 49.7 Å². The fourth-order valence-corrected chi connectivity index (χ4v) is 3.59. The molecule has 26 heavy (non-hydrogen) atoms. The zero-order valence-electron chi connectivity index (χ0n) is 15.0. The van der Waals surface area contributed by atoms with Gasteiger partial charge in [-0.05, 0) is 25.5 Å². The van der Waals surface area contributed by atoms with Crippen LogP contribution in [0.15, 0.2) is 49.1 Å². The normalized spacial score (nSPS) is 17.5. The van der Waals surface area contributed by atoms with Gasteiger partial charge in [0.15, 0.2) is 0 Å². The standard InChI is InChI=1S/C20H21N5O/c1-14-13-24(9-10-25(14)19-12-21-7-8-22-19)20(26)17-11-23-18-6-4-3-5-16(18)15(17)2/h3-8,11-12,14H,9-10,13H2,1-2H3. The Morgan fingerprint density at radius 3 is 2.73 bits per heavy atom. The Morgan fingerprint density at radius 2 is 1.96 bits per heavy atom. The first-order valence-corrected chi connectivity index (χ1v) is 8.81. The third-order valence-corrected chi connectivity index (χ3v) is 5.03. The van der Waals surface area contributed by atoms with E-state index in [2.05, 4.69) is 26.8 Å². The average Bonchev–Trinajstić information content (AvgIpc) is 2.68. The van der Waals surface area contributed by atoms with Gasteiger partial charge in [0.1, 0.15) is 5.82 Å². The van der Waals surface area contributed by atoms with Gasteiger partial charge in [0.25, 0.3) is 5.91 Å². The Bertz CT molecular complexity index is 943. The Morgan fingerprint density at radius 1 is 1.12 bits per heavy atom. The molecule has 1 fully saturated rings. The van der Waals surface area contributed by atoms with Crippen LogP contribution in [0.25, 0.3) is 10.9 Å². The van der Waals surface area contributed by atoms with Crippen LogP contribution < -0.4 is 4.90 Å². The average molecular weight is 347 g/mol. The van der Waals surface area contributed by atoms with Crippen molar-refractivity contribution in [2.75, 3.05) is 24.5 Å². The first-order chi connectivity index (χ1) is 12.6. The van der Waals surface area contributed by atoms with E-state index in [9.17, 15) is 4.79 Å². The molecule has 0 aliphatic carbocycles. The molecule has 6 heteroatoms. The molecule has 0 bridgehead atoms. The number of para-hydroxylation sites is 1.